The lowest BCUT2D eigenvalue weighted by atomic mass is 9.91. The van der Waals surface area contributed by atoms with E-state index in [4.69, 9.17) is 9.88 Å². The summed E-state index contributed by atoms with van der Waals surface area (Å²) in [5.74, 6) is 0.426. The number of nitrogens with zero attached hydrogens (tertiary/aromatic N) is 1. The molecule has 0 aliphatic heterocycles. The van der Waals surface area contributed by atoms with Crippen molar-refractivity contribution in [3.63, 3.8) is 0 Å². The van der Waals surface area contributed by atoms with E-state index in [1.54, 1.807) is 30.5 Å². The molecule has 3 N–H and O–H groups in total. The third-order valence-corrected chi connectivity index (χ3v) is 6.25. The van der Waals surface area contributed by atoms with Crippen molar-refractivity contribution in [1.29, 1.82) is 0 Å². The number of hydrogen-bond acceptors (Lipinski definition) is 5. The van der Waals surface area contributed by atoms with Crippen LogP contribution < -0.4 is 15.2 Å². The van der Waals surface area contributed by atoms with E-state index in [-0.39, 0.29) is 34.1 Å². The summed E-state index contributed by atoms with van der Waals surface area (Å²) in [6.45, 7) is 4.19. The van der Waals surface area contributed by atoms with Gasteiger partial charge in [-0.05, 0) is 41.9 Å². The minimum absolute atomic E-state index is 0.0148. The lowest BCUT2D eigenvalue weighted by Gasteiger charge is -2.16. The topological polar surface area (TPSA) is 111 Å². The molecular weight excluding hydrogens is 354 g/mol. The van der Waals surface area contributed by atoms with Crippen molar-refractivity contribution in [2.45, 2.75) is 26.3 Å². The van der Waals surface area contributed by atoms with Gasteiger partial charge in [-0.3, -0.25) is 4.79 Å². The van der Waals surface area contributed by atoms with E-state index in [0.717, 1.165) is 0 Å². The molecule has 0 aromatic carbocycles. The SMILES string of the molecule is COc1ncccc1C(=O)N[C@H]1[C@H](C2C=CC(S(N)(=O)=O)=CC2)C1(C)C. The molecule has 1 aromatic rings. The fraction of sp³-hybridized carbons (Fsp3) is 0.444. The van der Waals surface area contributed by atoms with E-state index in [0.29, 0.717) is 17.9 Å². The summed E-state index contributed by atoms with van der Waals surface area (Å²) < 4.78 is 28.0. The number of nitrogens with two attached hydrogens (primary N) is 1. The maximum absolute atomic E-state index is 12.6. The molecule has 1 heterocycles. The third-order valence-electron chi connectivity index (χ3n) is 5.30. The van der Waals surface area contributed by atoms with Gasteiger partial charge in [0.05, 0.1) is 12.0 Å². The van der Waals surface area contributed by atoms with Crippen LogP contribution in [0.15, 0.2) is 41.5 Å². The standard InChI is InChI=1S/C18H23N3O4S/c1-18(2)14(11-6-8-12(9-7-11)26(19,23)24)15(18)21-16(22)13-5-4-10-20-17(13)25-3/h4-6,8-11,14-15H,7H2,1-3H3,(H,21,22)(H2,19,23,24)/t11?,14-,15-/m0/s1. The Labute approximate surface area is 153 Å². The van der Waals surface area contributed by atoms with E-state index < -0.39 is 10.0 Å². The van der Waals surface area contributed by atoms with Crippen LogP contribution in [0, 0.1) is 17.3 Å². The second-order valence-corrected chi connectivity index (χ2v) is 8.83. The van der Waals surface area contributed by atoms with Crippen molar-refractivity contribution in [2.75, 3.05) is 7.11 Å². The van der Waals surface area contributed by atoms with E-state index in [2.05, 4.69) is 24.1 Å². The van der Waals surface area contributed by atoms with Crippen LogP contribution in [0.4, 0.5) is 0 Å². The van der Waals surface area contributed by atoms with Gasteiger partial charge in [-0.25, -0.2) is 18.5 Å². The summed E-state index contributed by atoms with van der Waals surface area (Å²) in [7, 11) is -2.20. The molecule has 3 atom stereocenters. The first kappa shape index (κ1) is 18.6. The normalized spacial score (nSPS) is 26.8. The Morgan fingerprint density at radius 2 is 2.15 bits per heavy atom. The second kappa shape index (κ2) is 6.51. The summed E-state index contributed by atoms with van der Waals surface area (Å²) in [6, 6.07) is 3.35. The number of rotatable bonds is 5. The molecule has 1 aromatic heterocycles. The van der Waals surface area contributed by atoms with E-state index in [1.165, 1.54) is 7.11 Å². The fourth-order valence-electron chi connectivity index (χ4n) is 3.79. The minimum atomic E-state index is -3.68. The first-order chi connectivity index (χ1) is 12.2. The second-order valence-electron chi connectivity index (χ2n) is 7.27. The van der Waals surface area contributed by atoms with Crippen molar-refractivity contribution >= 4 is 15.9 Å². The molecule has 0 radical (unpaired) electrons. The molecule has 1 saturated carbocycles. The van der Waals surface area contributed by atoms with E-state index in [9.17, 15) is 13.2 Å². The Kier molecular flexibility index (Phi) is 4.66. The highest BCUT2D eigenvalue weighted by molar-refractivity contribution is 7.93. The van der Waals surface area contributed by atoms with Gasteiger partial charge >= 0.3 is 0 Å². The lowest BCUT2D eigenvalue weighted by Crippen LogP contribution is -2.30. The first-order valence-electron chi connectivity index (χ1n) is 8.37. The van der Waals surface area contributed by atoms with Crippen LogP contribution in [0.2, 0.25) is 0 Å². The number of amides is 1. The summed E-state index contributed by atoms with van der Waals surface area (Å²) in [6.07, 6.45) is 7.24. The van der Waals surface area contributed by atoms with Crippen LogP contribution in [0.5, 0.6) is 5.88 Å². The molecule has 8 heteroatoms. The summed E-state index contributed by atoms with van der Waals surface area (Å²) in [4.78, 5) is 16.8. The molecule has 1 amide bonds. The quantitative estimate of drug-likeness (QED) is 0.809. The first-order valence-corrected chi connectivity index (χ1v) is 9.92. The summed E-state index contributed by atoms with van der Waals surface area (Å²) in [5.41, 5.74) is 0.305. The van der Waals surface area contributed by atoms with Crippen molar-refractivity contribution in [1.82, 2.24) is 10.3 Å². The minimum Gasteiger partial charge on any atom is -0.480 e. The van der Waals surface area contributed by atoms with Gasteiger partial charge in [-0.1, -0.05) is 26.0 Å². The van der Waals surface area contributed by atoms with Gasteiger partial charge in [0.1, 0.15) is 5.56 Å². The zero-order valence-corrected chi connectivity index (χ0v) is 15.8. The number of hydrogen-bond donors (Lipinski definition) is 2. The third kappa shape index (κ3) is 3.39. The van der Waals surface area contributed by atoms with Gasteiger partial charge < -0.3 is 10.1 Å². The van der Waals surface area contributed by atoms with Crippen molar-refractivity contribution in [3.8, 4) is 5.88 Å². The number of pyridine rings is 1. The zero-order chi connectivity index (χ0) is 19.1. The van der Waals surface area contributed by atoms with Crippen LogP contribution in [0.1, 0.15) is 30.6 Å². The molecule has 140 valence electrons. The molecule has 26 heavy (non-hydrogen) atoms. The number of nitrogens with one attached hydrogen (secondary N) is 1. The van der Waals surface area contributed by atoms with Crippen molar-refractivity contribution in [2.24, 2.45) is 22.4 Å². The van der Waals surface area contributed by atoms with E-state index in [1.807, 2.05) is 6.08 Å². The number of primary sulfonamides is 1. The Balaban J connectivity index is 1.70. The molecule has 1 unspecified atom stereocenters. The van der Waals surface area contributed by atoms with Crippen LogP contribution in [-0.2, 0) is 10.0 Å². The Morgan fingerprint density at radius 1 is 1.42 bits per heavy atom. The highest BCUT2D eigenvalue weighted by Crippen LogP contribution is 2.57. The summed E-state index contributed by atoms with van der Waals surface area (Å²) in [5, 5.41) is 8.23. The molecule has 0 spiro atoms. The molecule has 0 bridgehead atoms. The maximum Gasteiger partial charge on any atom is 0.257 e. The Bertz CT molecular complexity index is 889. The Hall–Kier alpha value is -2.19. The molecule has 0 saturated heterocycles. The Morgan fingerprint density at radius 3 is 2.73 bits per heavy atom. The van der Waals surface area contributed by atoms with Crippen LogP contribution >= 0.6 is 0 Å². The predicted molar refractivity (Wildman–Crippen MR) is 97.8 cm³/mol. The number of sulfonamides is 1. The highest BCUT2D eigenvalue weighted by atomic mass is 32.2. The van der Waals surface area contributed by atoms with Gasteiger partial charge in [0, 0.05) is 12.2 Å². The number of allylic oxidation sites excluding steroid dienone is 3. The molecule has 1 fully saturated rings. The maximum atomic E-state index is 12.6. The number of carbonyl (C=O) groups excluding carboxylic acids is 1. The summed E-state index contributed by atoms with van der Waals surface area (Å²) >= 11 is 0. The average molecular weight is 377 g/mol. The molecule has 2 aliphatic carbocycles. The van der Waals surface area contributed by atoms with Gasteiger partial charge in [0.25, 0.3) is 5.91 Å². The number of carbonyl (C=O) groups is 1. The highest BCUT2D eigenvalue weighted by Gasteiger charge is 2.61. The molecule has 7 nitrogen and oxygen atoms in total. The van der Waals surface area contributed by atoms with Crippen LogP contribution in [0.25, 0.3) is 0 Å². The van der Waals surface area contributed by atoms with Gasteiger partial charge in [-0.2, -0.15) is 0 Å². The van der Waals surface area contributed by atoms with Gasteiger partial charge in [0.15, 0.2) is 0 Å². The lowest BCUT2D eigenvalue weighted by molar-refractivity contribution is 0.0941. The number of aromatic nitrogens is 1. The molecule has 3 rings (SSSR count). The van der Waals surface area contributed by atoms with Crippen molar-refractivity contribution in [3.05, 3.63) is 47.0 Å². The predicted octanol–water partition coefficient (Wildman–Crippen LogP) is 1.59. The average Bonchev–Trinajstić information content (AvgIpc) is 3.14. The largest absolute Gasteiger partial charge is 0.480 e. The fourth-order valence-corrected chi connectivity index (χ4v) is 4.39. The smallest absolute Gasteiger partial charge is 0.257 e. The van der Waals surface area contributed by atoms with Gasteiger partial charge in [-0.15, -0.1) is 0 Å². The van der Waals surface area contributed by atoms with Crippen molar-refractivity contribution < 1.29 is 17.9 Å². The zero-order valence-electron chi connectivity index (χ0n) is 15.0. The van der Waals surface area contributed by atoms with Gasteiger partial charge in [0.2, 0.25) is 15.9 Å². The number of ether oxygens (including phenoxy) is 1. The van der Waals surface area contributed by atoms with Crippen LogP contribution in [-0.4, -0.2) is 32.5 Å². The van der Waals surface area contributed by atoms with E-state index >= 15 is 0 Å². The molecular formula is C18H23N3O4S. The molecule has 2 aliphatic rings. The monoisotopic (exact) mass is 377 g/mol. The van der Waals surface area contributed by atoms with Crippen LogP contribution in [0.3, 0.4) is 0 Å². The number of methoxy groups -OCH3 is 1.